The monoisotopic (exact) mass is 230 g/mol. The Morgan fingerprint density at radius 3 is 2.65 bits per heavy atom. The van der Waals surface area contributed by atoms with E-state index in [4.69, 9.17) is 9.84 Å². The zero-order valence-corrected chi connectivity index (χ0v) is 9.12. The van der Waals surface area contributed by atoms with Crippen LogP contribution in [0.1, 0.15) is 16.1 Å². The Morgan fingerprint density at radius 1 is 1.24 bits per heavy atom. The number of carboxylic acids is 1. The molecule has 1 heterocycles. The van der Waals surface area contributed by atoms with Crippen molar-refractivity contribution in [1.82, 2.24) is 9.97 Å². The predicted molar refractivity (Wildman–Crippen MR) is 60.2 cm³/mol. The van der Waals surface area contributed by atoms with E-state index < -0.39 is 5.97 Å². The first-order valence-electron chi connectivity index (χ1n) is 4.96. The van der Waals surface area contributed by atoms with Crippen molar-refractivity contribution in [2.45, 2.75) is 6.92 Å². The number of para-hydroxylation sites is 1. The van der Waals surface area contributed by atoms with Gasteiger partial charge in [-0.3, -0.25) is 0 Å². The molecule has 1 N–H and O–H groups in total. The molecule has 0 bridgehead atoms. The minimum atomic E-state index is -1.17. The second-order valence-electron chi connectivity index (χ2n) is 3.38. The lowest BCUT2D eigenvalue weighted by Crippen LogP contribution is -2.04. The van der Waals surface area contributed by atoms with Crippen LogP contribution < -0.4 is 4.74 Å². The van der Waals surface area contributed by atoms with E-state index in [1.165, 1.54) is 12.4 Å². The van der Waals surface area contributed by atoms with Crippen LogP contribution in [0.4, 0.5) is 0 Å². The van der Waals surface area contributed by atoms with Crippen LogP contribution >= 0.6 is 0 Å². The van der Waals surface area contributed by atoms with E-state index in [9.17, 15) is 4.79 Å². The maximum Gasteiger partial charge on any atom is 0.360 e. The highest BCUT2D eigenvalue weighted by atomic mass is 16.5. The number of hydrogen-bond acceptors (Lipinski definition) is 4. The summed E-state index contributed by atoms with van der Waals surface area (Å²) in [4.78, 5) is 18.5. The maximum atomic E-state index is 10.9. The topological polar surface area (TPSA) is 72.3 Å². The molecule has 5 nitrogen and oxygen atoms in total. The average molecular weight is 230 g/mol. The number of benzene rings is 1. The number of aromatic carboxylic acids is 1. The van der Waals surface area contributed by atoms with Crippen LogP contribution in [0.2, 0.25) is 0 Å². The number of nitrogens with zero attached hydrogens (tertiary/aromatic N) is 2. The van der Waals surface area contributed by atoms with Gasteiger partial charge in [-0.1, -0.05) is 18.2 Å². The Labute approximate surface area is 97.7 Å². The van der Waals surface area contributed by atoms with E-state index in [1.54, 1.807) is 12.1 Å². The fourth-order valence-corrected chi connectivity index (χ4v) is 1.32. The summed E-state index contributed by atoms with van der Waals surface area (Å²) in [5.74, 6) is -0.605. The number of hydrogen-bond donors (Lipinski definition) is 1. The molecule has 1 aromatic carbocycles. The van der Waals surface area contributed by atoms with Crippen LogP contribution in [0, 0.1) is 6.92 Å². The summed E-state index contributed by atoms with van der Waals surface area (Å²) in [7, 11) is 0. The van der Waals surface area contributed by atoms with Crippen molar-refractivity contribution < 1.29 is 14.6 Å². The molecule has 17 heavy (non-hydrogen) atoms. The van der Waals surface area contributed by atoms with Gasteiger partial charge in [0.15, 0.2) is 0 Å². The molecule has 2 aromatic rings. The molecule has 0 aliphatic rings. The van der Waals surface area contributed by atoms with E-state index in [0.29, 0.717) is 5.75 Å². The molecule has 2 rings (SSSR count). The van der Waals surface area contributed by atoms with Crippen molar-refractivity contribution in [3.05, 3.63) is 47.9 Å². The molecular weight excluding hydrogens is 220 g/mol. The highest BCUT2D eigenvalue weighted by Crippen LogP contribution is 2.24. The highest BCUT2D eigenvalue weighted by Gasteiger charge is 2.15. The van der Waals surface area contributed by atoms with Gasteiger partial charge in [0.1, 0.15) is 5.75 Å². The van der Waals surface area contributed by atoms with Gasteiger partial charge >= 0.3 is 5.97 Å². The molecule has 0 saturated carbocycles. The molecule has 0 aliphatic carbocycles. The van der Waals surface area contributed by atoms with Gasteiger partial charge in [-0.15, -0.1) is 0 Å². The summed E-state index contributed by atoms with van der Waals surface area (Å²) in [5.41, 5.74) is 0.699. The van der Waals surface area contributed by atoms with E-state index in [2.05, 4.69) is 9.97 Å². The first-order valence-corrected chi connectivity index (χ1v) is 4.96. The molecule has 1 aromatic heterocycles. The predicted octanol–water partition coefficient (Wildman–Crippen LogP) is 2.28. The molecule has 86 valence electrons. The first kappa shape index (κ1) is 11.1. The first-order chi connectivity index (χ1) is 8.18. The number of carboxylic acid groups (broad SMARTS) is 1. The van der Waals surface area contributed by atoms with Crippen LogP contribution in [0.5, 0.6) is 11.6 Å². The van der Waals surface area contributed by atoms with Gasteiger partial charge in [0.05, 0.1) is 0 Å². The molecule has 0 fully saturated rings. The van der Waals surface area contributed by atoms with E-state index in [0.717, 1.165) is 5.56 Å². The van der Waals surface area contributed by atoms with Crippen molar-refractivity contribution in [3.8, 4) is 11.6 Å². The number of rotatable bonds is 3. The Balaban J connectivity index is 2.37. The van der Waals surface area contributed by atoms with Crippen molar-refractivity contribution in [1.29, 1.82) is 0 Å². The Morgan fingerprint density at radius 2 is 1.94 bits per heavy atom. The number of carbonyl (C=O) groups is 1. The van der Waals surface area contributed by atoms with Gasteiger partial charge in [-0.05, 0) is 18.6 Å². The fraction of sp³-hybridized carbons (Fsp3) is 0.0833. The lowest BCUT2D eigenvalue weighted by Gasteiger charge is -2.08. The lowest BCUT2D eigenvalue weighted by molar-refractivity contribution is 0.0686. The standard InChI is InChI=1S/C12H10N2O3/c1-8-4-2-3-5-9(8)17-11-10(12(15)16)13-6-7-14-11/h2-7H,1H3,(H,15,16). The minimum absolute atomic E-state index is 0.00528. The Hall–Kier alpha value is -2.43. The molecular formula is C12H10N2O3. The van der Waals surface area contributed by atoms with Gasteiger partial charge in [0, 0.05) is 12.4 Å². The van der Waals surface area contributed by atoms with Crippen molar-refractivity contribution in [3.63, 3.8) is 0 Å². The van der Waals surface area contributed by atoms with Crippen molar-refractivity contribution in [2.75, 3.05) is 0 Å². The fourth-order valence-electron chi connectivity index (χ4n) is 1.32. The third-order valence-corrected chi connectivity index (χ3v) is 2.17. The van der Waals surface area contributed by atoms with Gasteiger partial charge in [0.25, 0.3) is 5.88 Å². The zero-order valence-electron chi connectivity index (χ0n) is 9.12. The largest absolute Gasteiger partial charge is 0.476 e. The summed E-state index contributed by atoms with van der Waals surface area (Å²) in [6.45, 7) is 1.87. The smallest absolute Gasteiger partial charge is 0.360 e. The van der Waals surface area contributed by atoms with Gasteiger partial charge in [-0.2, -0.15) is 0 Å². The van der Waals surface area contributed by atoms with Gasteiger partial charge in [0.2, 0.25) is 5.69 Å². The molecule has 0 radical (unpaired) electrons. The van der Waals surface area contributed by atoms with Gasteiger partial charge < -0.3 is 9.84 Å². The highest BCUT2D eigenvalue weighted by molar-refractivity contribution is 5.87. The Kier molecular flexibility index (Phi) is 3.00. The van der Waals surface area contributed by atoms with Crippen LogP contribution in [0.25, 0.3) is 0 Å². The van der Waals surface area contributed by atoms with E-state index in [1.807, 2.05) is 19.1 Å². The second kappa shape index (κ2) is 4.61. The third-order valence-electron chi connectivity index (χ3n) is 2.17. The molecule has 5 heteroatoms. The molecule has 0 unspecified atom stereocenters. The number of aryl methyl sites for hydroxylation is 1. The molecule has 0 aliphatic heterocycles. The maximum absolute atomic E-state index is 10.9. The minimum Gasteiger partial charge on any atom is -0.476 e. The quantitative estimate of drug-likeness (QED) is 0.875. The van der Waals surface area contributed by atoms with E-state index >= 15 is 0 Å². The summed E-state index contributed by atoms with van der Waals surface area (Å²) >= 11 is 0. The normalized spacial score (nSPS) is 9.94. The molecule has 0 saturated heterocycles. The summed E-state index contributed by atoms with van der Waals surface area (Å²) in [6, 6.07) is 7.29. The van der Waals surface area contributed by atoms with E-state index in [-0.39, 0.29) is 11.6 Å². The Bertz CT molecular complexity index is 555. The van der Waals surface area contributed by atoms with Crippen molar-refractivity contribution >= 4 is 5.97 Å². The SMILES string of the molecule is Cc1ccccc1Oc1nccnc1C(=O)O. The van der Waals surface area contributed by atoms with Gasteiger partial charge in [-0.25, -0.2) is 14.8 Å². The summed E-state index contributed by atoms with van der Waals surface area (Å²) in [5, 5.41) is 8.93. The van der Waals surface area contributed by atoms with Crippen LogP contribution in [-0.4, -0.2) is 21.0 Å². The van der Waals surface area contributed by atoms with Crippen LogP contribution in [0.3, 0.4) is 0 Å². The summed E-state index contributed by atoms with van der Waals surface area (Å²) in [6.07, 6.45) is 2.70. The average Bonchev–Trinajstić information content (AvgIpc) is 2.32. The summed E-state index contributed by atoms with van der Waals surface area (Å²) < 4.78 is 5.45. The molecule has 0 spiro atoms. The third kappa shape index (κ3) is 2.39. The molecule has 0 amide bonds. The zero-order chi connectivity index (χ0) is 12.3. The van der Waals surface area contributed by atoms with Crippen LogP contribution in [0.15, 0.2) is 36.7 Å². The second-order valence-corrected chi connectivity index (χ2v) is 3.38. The molecule has 0 atom stereocenters. The van der Waals surface area contributed by atoms with Crippen molar-refractivity contribution in [2.24, 2.45) is 0 Å². The lowest BCUT2D eigenvalue weighted by atomic mass is 10.2. The van der Waals surface area contributed by atoms with Crippen LogP contribution in [-0.2, 0) is 0 Å². The number of ether oxygens (including phenoxy) is 1. The number of aromatic nitrogens is 2.